The molecule has 0 spiro atoms. The van der Waals surface area contributed by atoms with E-state index >= 15 is 0 Å². The highest BCUT2D eigenvalue weighted by atomic mass is 79.9. The molecule has 0 radical (unpaired) electrons. The van der Waals surface area contributed by atoms with Gasteiger partial charge in [-0.2, -0.15) is 0 Å². The highest BCUT2D eigenvalue weighted by Crippen LogP contribution is 2.35. The van der Waals surface area contributed by atoms with E-state index in [0.29, 0.717) is 12.2 Å². The van der Waals surface area contributed by atoms with E-state index in [1.165, 1.54) is 6.08 Å². The Morgan fingerprint density at radius 2 is 2.00 bits per heavy atom. The molecule has 0 aliphatic heterocycles. The van der Waals surface area contributed by atoms with Gasteiger partial charge in [-0.25, -0.2) is 4.39 Å². The largest absolute Gasteiger partial charge is 0.356 e. The van der Waals surface area contributed by atoms with Crippen LogP contribution in [0.4, 0.5) is 4.39 Å². The average Bonchev–Trinajstić information content (AvgIpc) is 2.68. The Bertz CT molecular complexity index is 704. The van der Waals surface area contributed by atoms with Crippen LogP contribution < -0.4 is 0 Å². The first kappa shape index (κ1) is 22.7. The maximum atomic E-state index is 14.6. The lowest BCUT2D eigenvalue weighted by molar-refractivity contribution is 0.0855. The highest BCUT2D eigenvalue weighted by molar-refractivity contribution is 9.10. The van der Waals surface area contributed by atoms with Gasteiger partial charge >= 0.3 is 0 Å². The fraction of sp³-hybridized carbons (Fsp3) is 0.435. The lowest BCUT2D eigenvalue weighted by Crippen LogP contribution is -2.27. The molecular weight excluding hydrogens is 421 g/mol. The van der Waals surface area contributed by atoms with Gasteiger partial charge in [-0.1, -0.05) is 55.3 Å². The molecule has 0 amide bonds. The van der Waals surface area contributed by atoms with Gasteiger partial charge in [-0.05, 0) is 54.5 Å². The molecule has 0 fully saturated rings. The molecule has 2 rings (SSSR count). The SMILES string of the molecule is C=CCN(C)CCCCCCOC1(Br)C=CC(C(=O)c2ccccc2)C(F)=C1. The molecule has 5 heteroatoms. The number of carbonyl (C=O) groups is 1. The second-order valence-corrected chi connectivity index (χ2v) is 8.35. The molecule has 28 heavy (non-hydrogen) atoms. The molecule has 0 saturated carbocycles. The number of unbranched alkanes of at least 4 members (excludes halogenated alkanes) is 3. The number of benzene rings is 1. The summed E-state index contributed by atoms with van der Waals surface area (Å²) in [5, 5.41) is 0. The molecular formula is C23H29BrFNO2. The number of likely N-dealkylation sites (N-methyl/N-ethyl adjacent to an activating group) is 1. The maximum Gasteiger partial charge on any atom is 0.176 e. The Kier molecular flexibility index (Phi) is 9.29. The highest BCUT2D eigenvalue weighted by Gasteiger charge is 2.32. The summed E-state index contributed by atoms with van der Waals surface area (Å²) in [6.45, 7) is 6.23. The molecule has 0 aromatic heterocycles. The van der Waals surface area contributed by atoms with Crippen molar-refractivity contribution in [1.29, 1.82) is 0 Å². The Hall–Kier alpha value is -1.56. The van der Waals surface area contributed by atoms with Crippen LogP contribution in [0.2, 0.25) is 0 Å². The number of ketones is 1. The fourth-order valence-corrected chi connectivity index (χ4v) is 3.64. The Morgan fingerprint density at radius 1 is 1.29 bits per heavy atom. The number of halogens is 2. The van der Waals surface area contributed by atoms with E-state index in [9.17, 15) is 9.18 Å². The number of hydrogen-bond acceptors (Lipinski definition) is 3. The van der Waals surface area contributed by atoms with Crippen LogP contribution >= 0.6 is 15.9 Å². The average molecular weight is 450 g/mol. The minimum Gasteiger partial charge on any atom is -0.356 e. The number of hydrogen-bond donors (Lipinski definition) is 0. The van der Waals surface area contributed by atoms with Crippen molar-refractivity contribution >= 4 is 21.7 Å². The minimum atomic E-state index is -0.977. The van der Waals surface area contributed by atoms with Crippen LogP contribution in [0.15, 0.2) is 67.0 Å². The van der Waals surface area contributed by atoms with Gasteiger partial charge in [0.1, 0.15) is 5.83 Å². The molecule has 1 aliphatic rings. The van der Waals surface area contributed by atoms with E-state index in [0.717, 1.165) is 38.8 Å². The molecule has 2 atom stereocenters. The molecule has 1 aliphatic carbocycles. The third-order valence-corrected chi connectivity index (χ3v) is 5.41. The quantitative estimate of drug-likeness (QED) is 0.177. The monoisotopic (exact) mass is 449 g/mol. The molecule has 0 saturated heterocycles. The van der Waals surface area contributed by atoms with Crippen molar-refractivity contribution in [3.8, 4) is 0 Å². The summed E-state index contributed by atoms with van der Waals surface area (Å²) < 4.78 is 19.4. The van der Waals surface area contributed by atoms with Gasteiger partial charge in [0, 0.05) is 18.7 Å². The number of carbonyl (C=O) groups excluding carboxylic acids is 1. The molecule has 1 aromatic carbocycles. The van der Waals surface area contributed by atoms with E-state index < -0.39 is 16.3 Å². The summed E-state index contributed by atoms with van der Waals surface area (Å²) in [5.41, 5.74) is 0.502. The minimum absolute atomic E-state index is 0.249. The number of allylic oxidation sites excluding steroid dienone is 2. The van der Waals surface area contributed by atoms with Crippen LogP contribution in [0.25, 0.3) is 0 Å². The van der Waals surface area contributed by atoms with Crippen molar-refractivity contribution in [3.05, 3.63) is 72.6 Å². The number of Topliss-reactive ketones (excluding diaryl/α,β-unsaturated/α-hetero) is 1. The zero-order valence-corrected chi connectivity index (χ0v) is 18.0. The Labute approximate surface area is 176 Å². The number of nitrogens with zero attached hydrogens (tertiary/aromatic N) is 1. The third-order valence-electron chi connectivity index (χ3n) is 4.69. The van der Waals surface area contributed by atoms with Gasteiger partial charge < -0.3 is 9.64 Å². The van der Waals surface area contributed by atoms with E-state index in [1.807, 2.05) is 12.1 Å². The summed E-state index contributed by atoms with van der Waals surface area (Å²) in [4.78, 5) is 14.7. The van der Waals surface area contributed by atoms with Crippen LogP contribution in [0.3, 0.4) is 0 Å². The van der Waals surface area contributed by atoms with Gasteiger partial charge in [0.25, 0.3) is 0 Å². The molecule has 2 unspecified atom stereocenters. The lowest BCUT2D eigenvalue weighted by atomic mass is 9.92. The fourth-order valence-electron chi connectivity index (χ4n) is 3.11. The van der Waals surface area contributed by atoms with Gasteiger partial charge in [0.15, 0.2) is 10.3 Å². The summed E-state index contributed by atoms with van der Waals surface area (Å²) in [6, 6.07) is 8.78. The van der Waals surface area contributed by atoms with E-state index in [4.69, 9.17) is 4.74 Å². The second-order valence-electron chi connectivity index (χ2n) is 7.11. The van der Waals surface area contributed by atoms with E-state index in [2.05, 4.69) is 34.5 Å². The van der Waals surface area contributed by atoms with Crippen molar-refractivity contribution < 1.29 is 13.9 Å². The smallest absolute Gasteiger partial charge is 0.176 e. The zero-order valence-electron chi connectivity index (χ0n) is 16.4. The van der Waals surface area contributed by atoms with Crippen LogP contribution in [-0.4, -0.2) is 41.9 Å². The Morgan fingerprint density at radius 3 is 2.68 bits per heavy atom. The number of alkyl halides is 1. The van der Waals surface area contributed by atoms with Crippen molar-refractivity contribution in [2.24, 2.45) is 5.92 Å². The first-order valence-corrected chi connectivity index (χ1v) is 10.5. The van der Waals surface area contributed by atoms with Gasteiger partial charge in [0.2, 0.25) is 0 Å². The summed E-state index contributed by atoms with van der Waals surface area (Å²) >= 11 is 3.44. The molecule has 3 nitrogen and oxygen atoms in total. The van der Waals surface area contributed by atoms with Gasteiger partial charge in [0.05, 0.1) is 5.92 Å². The standard InChI is InChI=1S/C23H29BrFNO2/c1-3-15-26(2)16-9-4-5-10-17-28-23(24)14-13-20(21(25)18-23)22(27)19-11-7-6-8-12-19/h3,6-8,11-14,18,20H,1,4-5,9-10,15-17H2,2H3. The first-order valence-electron chi connectivity index (χ1n) is 9.74. The van der Waals surface area contributed by atoms with Crippen molar-refractivity contribution in [1.82, 2.24) is 4.90 Å². The van der Waals surface area contributed by atoms with Crippen LogP contribution in [0.1, 0.15) is 36.0 Å². The van der Waals surface area contributed by atoms with Crippen LogP contribution in [0, 0.1) is 5.92 Å². The van der Waals surface area contributed by atoms with Crippen molar-refractivity contribution in [2.75, 3.05) is 26.7 Å². The van der Waals surface area contributed by atoms with E-state index in [1.54, 1.807) is 36.4 Å². The lowest BCUT2D eigenvalue weighted by Gasteiger charge is -2.26. The maximum absolute atomic E-state index is 14.6. The predicted octanol–water partition coefficient (Wildman–Crippen LogP) is 5.69. The zero-order chi connectivity index (χ0) is 20.4. The predicted molar refractivity (Wildman–Crippen MR) is 116 cm³/mol. The number of rotatable bonds is 12. The first-order chi connectivity index (χ1) is 13.4. The third kappa shape index (κ3) is 7.12. The molecule has 152 valence electrons. The Balaban J connectivity index is 1.73. The van der Waals surface area contributed by atoms with Crippen molar-refractivity contribution in [3.63, 3.8) is 0 Å². The normalized spacial score (nSPS) is 21.6. The van der Waals surface area contributed by atoms with Crippen LogP contribution in [-0.2, 0) is 4.74 Å². The topological polar surface area (TPSA) is 29.5 Å². The van der Waals surface area contributed by atoms with Gasteiger partial charge in [-0.15, -0.1) is 6.58 Å². The number of ether oxygens (including phenoxy) is 1. The summed E-state index contributed by atoms with van der Waals surface area (Å²) in [7, 11) is 2.09. The van der Waals surface area contributed by atoms with Crippen molar-refractivity contribution in [2.45, 2.75) is 30.2 Å². The molecule has 0 bridgehead atoms. The molecule has 0 heterocycles. The molecule has 1 aromatic rings. The summed E-state index contributed by atoms with van der Waals surface area (Å²) in [5.74, 6) is -1.62. The molecule has 0 N–H and O–H groups in total. The van der Waals surface area contributed by atoms with E-state index in [-0.39, 0.29) is 5.78 Å². The van der Waals surface area contributed by atoms with Crippen LogP contribution in [0.5, 0.6) is 0 Å². The van der Waals surface area contributed by atoms with Gasteiger partial charge in [-0.3, -0.25) is 4.79 Å². The summed E-state index contributed by atoms with van der Waals surface area (Å²) in [6.07, 6.45) is 10.8. The second kappa shape index (κ2) is 11.4.